The van der Waals surface area contributed by atoms with Crippen molar-refractivity contribution in [3.05, 3.63) is 53.9 Å². The molecule has 4 nitrogen and oxygen atoms in total. The first-order valence-electron chi connectivity index (χ1n) is 8.41. The minimum atomic E-state index is -0.0209. The molecule has 1 aromatic carbocycles. The quantitative estimate of drug-likeness (QED) is 0.787. The zero-order valence-electron chi connectivity index (χ0n) is 15.8. The first-order valence-corrected chi connectivity index (χ1v) is 8.41. The maximum Gasteiger partial charge on any atom is 0.255 e. The molecule has 0 aliphatic carbocycles. The van der Waals surface area contributed by atoms with E-state index in [1.165, 1.54) is 5.56 Å². The Morgan fingerprint density at radius 3 is 2.31 bits per heavy atom. The molecule has 0 aliphatic heterocycles. The van der Waals surface area contributed by atoms with Crippen LogP contribution in [0.2, 0.25) is 0 Å². The number of aryl methyl sites for hydroxylation is 1. The van der Waals surface area contributed by atoms with Gasteiger partial charge >= 0.3 is 0 Å². The summed E-state index contributed by atoms with van der Waals surface area (Å²) >= 11 is 0. The Morgan fingerprint density at radius 2 is 1.73 bits per heavy atom. The Labute approximate surface area is 169 Å². The second kappa shape index (κ2) is 11.2. The van der Waals surface area contributed by atoms with Gasteiger partial charge in [-0.15, -0.1) is 24.8 Å². The van der Waals surface area contributed by atoms with E-state index < -0.39 is 0 Å². The molecule has 2 N–H and O–H groups in total. The third-order valence-electron chi connectivity index (χ3n) is 4.37. The topological polar surface area (TPSA) is 59.2 Å². The van der Waals surface area contributed by atoms with Crippen molar-refractivity contribution < 1.29 is 4.79 Å². The number of nitrogens with two attached hydrogens (primary N) is 1. The molecule has 144 valence electrons. The molecule has 26 heavy (non-hydrogen) atoms. The van der Waals surface area contributed by atoms with Crippen molar-refractivity contribution in [3.63, 3.8) is 0 Å². The molecule has 1 atom stereocenters. The Morgan fingerprint density at radius 1 is 1.12 bits per heavy atom. The summed E-state index contributed by atoms with van der Waals surface area (Å²) in [5.41, 5.74) is 9.89. The molecule has 0 aliphatic rings. The fraction of sp³-hybridized carbons (Fsp3) is 0.400. The third-order valence-corrected chi connectivity index (χ3v) is 4.37. The van der Waals surface area contributed by atoms with Gasteiger partial charge in [-0.1, -0.05) is 43.7 Å². The van der Waals surface area contributed by atoms with E-state index in [2.05, 4.69) is 37.9 Å². The van der Waals surface area contributed by atoms with Crippen LogP contribution in [0.3, 0.4) is 0 Å². The molecular weight excluding hydrogens is 369 g/mol. The van der Waals surface area contributed by atoms with Crippen LogP contribution in [0.15, 0.2) is 42.7 Å². The van der Waals surface area contributed by atoms with E-state index in [0.717, 1.165) is 17.5 Å². The Bertz CT molecular complexity index is 690. The molecule has 2 rings (SSSR count). The van der Waals surface area contributed by atoms with Crippen LogP contribution in [0.5, 0.6) is 0 Å². The maximum absolute atomic E-state index is 12.6. The van der Waals surface area contributed by atoms with Crippen molar-refractivity contribution in [2.45, 2.75) is 33.2 Å². The summed E-state index contributed by atoms with van der Waals surface area (Å²) in [4.78, 5) is 18.6. The van der Waals surface area contributed by atoms with Crippen molar-refractivity contribution in [1.29, 1.82) is 0 Å². The first-order chi connectivity index (χ1) is 11.4. The van der Waals surface area contributed by atoms with Gasteiger partial charge in [-0.25, -0.2) is 0 Å². The van der Waals surface area contributed by atoms with Crippen molar-refractivity contribution in [2.75, 3.05) is 13.6 Å². The number of benzene rings is 1. The average Bonchev–Trinajstić information content (AvgIpc) is 2.59. The summed E-state index contributed by atoms with van der Waals surface area (Å²) in [6.45, 7) is 6.90. The van der Waals surface area contributed by atoms with E-state index in [1.54, 1.807) is 17.3 Å². The standard InChI is InChI=1S/C20H27N3O.2ClH/c1-14(2)19(21)9-10-23(4)20(24)18-11-17(12-22-13-18)16-7-5-15(3)6-8-16;;/h5-8,11-14,19H,9-10,21H2,1-4H3;2*1H. The lowest BCUT2D eigenvalue weighted by molar-refractivity contribution is 0.0789. The van der Waals surface area contributed by atoms with Gasteiger partial charge in [-0.3, -0.25) is 9.78 Å². The number of hydrogen-bond acceptors (Lipinski definition) is 3. The SMILES string of the molecule is Cc1ccc(-c2cncc(C(=O)N(C)CCC(N)C(C)C)c2)cc1.Cl.Cl. The summed E-state index contributed by atoms with van der Waals surface area (Å²) in [5, 5.41) is 0. The lowest BCUT2D eigenvalue weighted by Gasteiger charge is -2.21. The molecule has 0 saturated heterocycles. The molecule has 0 saturated carbocycles. The van der Waals surface area contributed by atoms with E-state index in [4.69, 9.17) is 5.73 Å². The molecule has 1 heterocycles. The van der Waals surface area contributed by atoms with E-state index >= 15 is 0 Å². The summed E-state index contributed by atoms with van der Waals surface area (Å²) in [6.07, 6.45) is 4.21. The van der Waals surface area contributed by atoms with E-state index in [1.807, 2.05) is 25.2 Å². The van der Waals surface area contributed by atoms with Crippen LogP contribution in [-0.4, -0.2) is 35.4 Å². The molecule has 2 aromatic rings. The minimum Gasteiger partial charge on any atom is -0.342 e. The predicted molar refractivity (Wildman–Crippen MR) is 113 cm³/mol. The highest BCUT2D eigenvalue weighted by molar-refractivity contribution is 5.94. The maximum atomic E-state index is 12.6. The van der Waals surface area contributed by atoms with Crippen LogP contribution in [0.1, 0.15) is 36.2 Å². The average molecular weight is 398 g/mol. The van der Waals surface area contributed by atoms with Crippen molar-refractivity contribution >= 4 is 30.7 Å². The predicted octanol–water partition coefficient (Wildman–Crippen LogP) is 4.35. The molecular formula is C20H29Cl2N3O. The van der Waals surface area contributed by atoms with Gasteiger partial charge in [0.25, 0.3) is 5.91 Å². The highest BCUT2D eigenvalue weighted by Crippen LogP contribution is 2.20. The van der Waals surface area contributed by atoms with E-state index in [-0.39, 0.29) is 36.8 Å². The Hall–Kier alpha value is -1.62. The summed E-state index contributed by atoms with van der Waals surface area (Å²) < 4.78 is 0. The second-order valence-corrected chi connectivity index (χ2v) is 6.75. The van der Waals surface area contributed by atoms with Crippen LogP contribution in [-0.2, 0) is 0 Å². The molecule has 1 amide bonds. The largest absolute Gasteiger partial charge is 0.342 e. The fourth-order valence-electron chi connectivity index (χ4n) is 2.46. The molecule has 0 bridgehead atoms. The Kier molecular flexibility index (Phi) is 10.5. The minimum absolute atomic E-state index is 0. The smallest absolute Gasteiger partial charge is 0.255 e. The number of carbonyl (C=O) groups excluding carboxylic acids is 1. The van der Waals surface area contributed by atoms with Gasteiger partial charge in [-0.05, 0) is 30.9 Å². The molecule has 1 unspecified atom stereocenters. The van der Waals surface area contributed by atoms with Crippen LogP contribution < -0.4 is 5.73 Å². The van der Waals surface area contributed by atoms with Crippen molar-refractivity contribution in [3.8, 4) is 11.1 Å². The van der Waals surface area contributed by atoms with Gasteiger partial charge in [0, 0.05) is 37.6 Å². The first kappa shape index (κ1) is 24.4. The van der Waals surface area contributed by atoms with Gasteiger partial charge in [0.15, 0.2) is 0 Å². The van der Waals surface area contributed by atoms with Crippen LogP contribution in [0.4, 0.5) is 0 Å². The molecule has 0 radical (unpaired) electrons. The van der Waals surface area contributed by atoms with Crippen molar-refractivity contribution in [2.24, 2.45) is 11.7 Å². The second-order valence-electron chi connectivity index (χ2n) is 6.75. The number of carbonyl (C=O) groups is 1. The zero-order chi connectivity index (χ0) is 17.7. The van der Waals surface area contributed by atoms with Gasteiger partial charge in [0.2, 0.25) is 0 Å². The van der Waals surface area contributed by atoms with Crippen molar-refractivity contribution in [1.82, 2.24) is 9.88 Å². The third kappa shape index (κ3) is 6.60. The zero-order valence-corrected chi connectivity index (χ0v) is 17.4. The molecule has 6 heteroatoms. The van der Waals surface area contributed by atoms with Gasteiger partial charge in [-0.2, -0.15) is 0 Å². The molecule has 1 aromatic heterocycles. The van der Waals surface area contributed by atoms with Gasteiger partial charge in [0.1, 0.15) is 0 Å². The fourth-order valence-corrected chi connectivity index (χ4v) is 2.46. The highest BCUT2D eigenvalue weighted by atomic mass is 35.5. The number of aromatic nitrogens is 1. The monoisotopic (exact) mass is 397 g/mol. The van der Waals surface area contributed by atoms with E-state index in [9.17, 15) is 4.79 Å². The number of amides is 1. The summed E-state index contributed by atoms with van der Waals surface area (Å²) in [5.74, 6) is 0.396. The number of hydrogen-bond donors (Lipinski definition) is 1. The summed E-state index contributed by atoms with van der Waals surface area (Å²) in [6, 6.07) is 10.2. The van der Waals surface area contributed by atoms with Gasteiger partial charge in [0.05, 0.1) is 5.56 Å². The van der Waals surface area contributed by atoms with Crippen LogP contribution in [0.25, 0.3) is 11.1 Å². The molecule has 0 spiro atoms. The lowest BCUT2D eigenvalue weighted by atomic mass is 10.0. The number of rotatable bonds is 6. The number of pyridine rings is 1. The molecule has 0 fully saturated rings. The number of halogens is 2. The summed E-state index contributed by atoms with van der Waals surface area (Å²) in [7, 11) is 1.81. The van der Waals surface area contributed by atoms with E-state index in [0.29, 0.717) is 18.0 Å². The Balaban J connectivity index is 0.00000312. The normalized spacial score (nSPS) is 11.3. The van der Waals surface area contributed by atoms with Gasteiger partial charge < -0.3 is 10.6 Å². The van der Waals surface area contributed by atoms with Crippen LogP contribution >= 0.6 is 24.8 Å². The van der Waals surface area contributed by atoms with Crippen LogP contribution in [0, 0.1) is 12.8 Å². The number of nitrogens with zero attached hydrogens (tertiary/aromatic N) is 2. The highest BCUT2D eigenvalue weighted by Gasteiger charge is 2.15. The lowest BCUT2D eigenvalue weighted by Crippen LogP contribution is -2.34.